The van der Waals surface area contributed by atoms with E-state index in [4.69, 9.17) is 20.8 Å². The smallest absolute Gasteiger partial charge is 0.268 e. The molecule has 256 valence electrons. The predicted octanol–water partition coefficient (Wildman–Crippen LogP) is 3.83. The SMILES string of the molecule is [C-]#[N+]c1ccc(S(=O)c2cc(C(=O)NCCOCCOCCOCCNC(=O)CCC(=O)CC)c(=O)n(-c3cccc(C)c3)c2C)cc1. The molecule has 48 heavy (non-hydrogen) atoms. The molecule has 1 aromatic heterocycles. The molecule has 0 saturated carbocycles. The third kappa shape index (κ3) is 11.6. The lowest BCUT2D eigenvalue weighted by molar-refractivity contribution is -0.125. The van der Waals surface area contributed by atoms with E-state index in [9.17, 15) is 23.4 Å². The Morgan fingerprint density at radius 3 is 2.08 bits per heavy atom. The standard InChI is InChI=1S/C35H42N4O8S/c1-5-29(40)11-14-33(41)37-15-17-45-19-21-47-22-20-46-18-16-38-34(42)31-24-32(48(44)30-12-9-27(36-4)10-13-30)26(3)39(35(31)43)28-8-6-7-25(2)23-28/h6-10,12-13,23-24H,5,11,14-22H2,1-3H3,(H,37,41)(H,38,42). The number of hydrogen-bond acceptors (Lipinski definition) is 8. The van der Waals surface area contributed by atoms with Gasteiger partial charge in [-0.05, 0) is 37.6 Å². The van der Waals surface area contributed by atoms with Crippen LogP contribution in [0.4, 0.5) is 5.69 Å². The van der Waals surface area contributed by atoms with Gasteiger partial charge in [0.05, 0.1) is 61.9 Å². The van der Waals surface area contributed by atoms with Gasteiger partial charge in [-0.15, -0.1) is 0 Å². The number of ether oxygens (including phenoxy) is 3. The third-order valence-electron chi connectivity index (χ3n) is 7.15. The molecule has 3 aromatic rings. The maximum atomic E-state index is 13.7. The van der Waals surface area contributed by atoms with Crippen LogP contribution in [0.3, 0.4) is 0 Å². The number of carbonyl (C=O) groups excluding carboxylic acids is 3. The summed E-state index contributed by atoms with van der Waals surface area (Å²) in [4.78, 5) is 53.9. The first-order chi connectivity index (χ1) is 23.2. The van der Waals surface area contributed by atoms with E-state index >= 15 is 0 Å². The van der Waals surface area contributed by atoms with Crippen molar-refractivity contribution in [1.82, 2.24) is 15.2 Å². The fraction of sp³-hybridized carbons (Fsp3) is 0.400. The lowest BCUT2D eigenvalue weighted by Gasteiger charge is -2.17. The highest BCUT2D eigenvalue weighted by atomic mass is 32.2. The molecule has 0 bridgehead atoms. The minimum Gasteiger partial charge on any atom is -0.377 e. The molecule has 0 fully saturated rings. The summed E-state index contributed by atoms with van der Waals surface area (Å²) in [6, 6.07) is 15.0. The highest BCUT2D eigenvalue weighted by Crippen LogP contribution is 2.24. The summed E-state index contributed by atoms with van der Waals surface area (Å²) in [5, 5.41) is 5.41. The van der Waals surface area contributed by atoms with E-state index in [2.05, 4.69) is 15.5 Å². The zero-order chi connectivity index (χ0) is 34.9. The number of pyridine rings is 1. The second-order valence-electron chi connectivity index (χ2n) is 10.7. The van der Waals surface area contributed by atoms with E-state index in [1.165, 1.54) is 10.6 Å². The Morgan fingerprint density at radius 2 is 1.48 bits per heavy atom. The molecule has 0 spiro atoms. The minimum absolute atomic E-state index is 0.0613. The fourth-order valence-corrected chi connectivity index (χ4v) is 5.76. The number of amides is 2. The quantitative estimate of drug-likeness (QED) is 0.136. The Balaban J connectivity index is 1.48. The van der Waals surface area contributed by atoms with E-state index in [1.54, 1.807) is 50.2 Å². The van der Waals surface area contributed by atoms with Crippen LogP contribution >= 0.6 is 0 Å². The van der Waals surface area contributed by atoms with Gasteiger partial charge in [0.15, 0.2) is 5.69 Å². The first kappa shape index (κ1) is 38.0. The van der Waals surface area contributed by atoms with Crippen LogP contribution in [0.1, 0.15) is 47.8 Å². The van der Waals surface area contributed by atoms with Crippen LogP contribution in [0.5, 0.6) is 0 Å². The van der Waals surface area contributed by atoms with Crippen molar-refractivity contribution in [2.75, 3.05) is 52.7 Å². The van der Waals surface area contributed by atoms with Crippen molar-refractivity contribution in [2.45, 2.75) is 49.8 Å². The number of nitrogens with zero attached hydrogens (tertiary/aromatic N) is 2. The monoisotopic (exact) mass is 678 g/mol. The van der Waals surface area contributed by atoms with Crippen molar-refractivity contribution in [3.05, 3.63) is 93.2 Å². The summed E-state index contributed by atoms with van der Waals surface area (Å²) in [7, 11) is -1.73. The lowest BCUT2D eigenvalue weighted by atomic mass is 10.1. The molecule has 13 heteroatoms. The molecule has 2 amide bonds. The normalized spacial score (nSPS) is 11.5. The Kier molecular flexibility index (Phi) is 15.8. The van der Waals surface area contributed by atoms with Crippen molar-refractivity contribution in [3.63, 3.8) is 0 Å². The van der Waals surface area contributed by atoms with E-state index < -0.39 is 22.3 Å². The summed E-state index contributed by atoms with van der Waals surface area (Å²) in [5.41, 5.74) is 1.62. The van der Waals surface area contributed by atoms with Crippen LogP contribution in [0.2, 0.25) is 0 Å². The van der Waals surface area contributed by atoms with Gasteiger partial charge in [0.1, 0.15) is 11.3 Å². The number of benzene rings is 2. The van der Waals surface area contributed by atoms with Crippen molar-refractivity contribution in [1.29, 1.82) is 0 Å². The molecule has 0 aliphatic heterocycles. The zero-order valence-electron chi connectivity index (χ0n) is 27.5. The van der Waals surface area contributed by atoms with Gasteiger partial charge in [0.25, 0.3) is 11.5 Å². The number of Topliss-reactive ketones (excluding diaryl/α,β-unsaturated/α-hetero) is 1. The van der Waals surface area contributed by atoms with Crippen molar-refractivity contribution >= 4 is 34.1 Å². The molecule has 12 nitrogen and oxygen atoms in total. The first-order valence-corrected chi connectivity index (χ1v) is 16.8. The van der Waals surface area contributed by atoms with Gasteiger partial charge < -0.3 is 24.8 Å². The van der Waals surface area contributed by atoms with Crippen LogP contribution in [0, 0.1) is 20.4 Å². The zero-order valence-corrected chi connectivity index (χ0v) is 28.4. The molecule has 2 N–H and O–H groups in total. The third-order valence-corrected chi connectivity index (χ3v) is 8.67. The van der Waals surface area contributed by atoms with Crippen LogP contribution < -0.4 is 16.2 Å². The summed E-state index contributed by atoms with van der Waals surface area (Å²) < 4.78 is 31.5. The fourth-order valence-electron chi connectivity index (χ4n) is 4.53. The van der Waals surface area contributed by atoms with Crippen molar-refractivity contribution in [2.24, 2.45) is 0 Å². The van der Waals surface area contributed by atoms with E-state index in [1.807, 2.05) is 19.1 Å². The molecule has 0 aliphatic rings. The Labute approximate surface area is 283 Å². The molecule has 3 rings (SSSR count). The summed E-state index contributed by atoms with van der Waals surface area (Å²) in [6.07, 6.45) is 0.866. The maximum Gasteiger partial charge on any atom is 0.268 e. The Bertz CT molecular complexity index is 1680. The van der Waals surface area contributed by atoms with Crippen LogP contribution in [-0.2, 0) is 34.6 Å². The largest absolute Gasteiger partial charge is 0.377 e. The lowest BCUT2D eigenvalue weighted by Crippen LogP contribution is -2.35. The molecule has 1 heterocycles. The number of carbonyl (C=O) groups is 3. The Morgan fingerprint density at radius 1 is 0.854 bits per heavy atom. The molecular formula is C35H42N4O8S. The molecule has 0 aliphatic carbocycles. The number of aromatic nitrogens is 1. The second-order valence-corrected chi connectivity index (χ2v) is 12.1. The van der Waals surface area contributed by atoms with Crippen molar-refractivity contribution < 1.29 is 32.8 Å². The highest BCUT2D eigenvalue weighted by molar-refractivity contribution is 7.85. The van der Waals surface area contributed by atoms with E-state index in [0.29, 0.717) is 66.3 Å². The molecule has 2 aromatic carbocycles. The van der Waals surface area contributed by atoms with Gasteiger partial charge >= 0.3 is 0 Å². The molecule has 0 radical (unpaired) electrons. The van der Waals surface area contributed by atoms with Crippen molar-refractivity contribution in [3.8, 4) is 5.69 Å². The highest BCUT2D eigenvalue weighted by Gasteiger charge is 2.22. The number of hydrogen-bond donors (Lipinski definition) is 2. The van der Waals surface area contributed by atoms with Gasteiger partial charge in [-0.3, -0.25) is 23.7 Å². The molecular weight excluding hydrogens is 636 g/mol. The number of nitrogens with one attached hydrogen (secondary N) is 2. The summed E-state index contributed by atoms with van der Waals surface area (Å²) in [6.45, 7) is 14.8. The average molecular weight is 679 g/mol. The summed E-state index contributed by atoms with van der Waals surface area (Å²) in [5.74, 6) is -0.735. The van der Waals surface area contributed by atoms with Gasteiger partial charge in [-0.1, -0.05) is 43.3 Å². The van der Waals surface area contributed by atoms with Crippen LogP contribution in [0.15, 0.2) is 69.2 Å². The van der Waals surface area contributed by atoms with Crippen LogP contribution in [0.25, 0.3) is 10.5 Å². The topological polar surface area (TPSA) is 146 Å². The average Bonchev–Trinajstić information content (AvgIpc) is 3.09. The van der Waals surface area contributed by atoms with Gasteiger partial charge in [-0.2, -0.15) is 0 Å². The molecule has 0 saturated heterocycles. The molecule has 1 atom stereocenters. The molecule has 1 unspecified atom stereocenters. The van der Waals surface area contributed by atoms with E-state index in [0.717, 1.165) is 5.56 Å². The number of aryl methyl sites for hydroxylation is 1. The second kappa shape index (κ2) is 20.0. The van der Waals surface area contributed by atoms with Gasteiger partial charge in [-0.25, -0.2) is 9.05 Å². The Hall–Kier alpha value is -4.48. The van der Waals surface area contributed by atoms with Gasteiger partial charge in [0.2, 0.25) is 5.91 Å². The first-order valence-electron chi connectivity index (χ1n) is 15.7. The van der Waals surface area contributed by atoms with Gasteiger partial charge in [0, 0.05) is 48.6 Å². The number of ketones is 1. The maximum absolute atomic E-state index is 13.7. The summed E-state index contributed by atoms with van der Waals surface area (Å²) >= 11 is 0. The van der Waals surface area contributed by atoms with Crippen LogP contribution in [-0.4, -0.2) is 79.1 Å². The van der Waals surface area contributed by atoms with E-state index in [-0.39, 0.29) is 49.9 Å². The minimum atomic E-state index is -1.73. The number of rotatable bonds is 20. The predicted molar refractivity (Wildman–Crippen MR) is 181 cm³/mol.